The van der Waals surface area contributed by atoms with Crippen molar-refractivity contribution in [3.8, 4) is 5.75 Å². The molecule has 0 spiro atoms. The Bertz CT molecular complexity index is 615. The third kappa shape index (κ3) is 3.16. The number of halogens is 1. The quantitative estimate of drug-likeness (QED) is 0.915. The van der Waals surface area contributed by atoms with Crippen molar-refractivity contribution in [2.75, 3.05) is 19.1 Å². The normalized spacial score (nSPS) is 12.0. The Balaban J connectivity index is 2.39. The maximum absolute atomic E-state index is 14.0. The summed E-state index contributed by atoms with van der Waals surface area (Å²) in [5.41, 5.74) is 8.42. The predicted octanol–water partition coefficient (Wildman–Crippen LogP) is 3.49. The van der Waals surface area contributed by atoms with E-state index in [0.29, 0.717) is 12.1 Å². The maximum atomic E-state index is 14.0. The van der Waals surface area contributed by atoms with Crippen LogP contribution in [0.5, 0.6) is 5.75 Å². The van der Waals surface area contributed by atoms with Crippen LogP contribution in [-0.2, 0) is 6.54 Å². The topological polar surface area (TPSA) is 38.5 Å². The number of hydrogen-bond donors (Lipinski definition) is 1. The average molecular weight is 288 g/mol. The fourth-order valence-electron chi connectivity index (χ4n) is 2.40. The minimum Gasteiger partial charge on any atom is -0.497 e. The lowest BCUT2D eigenvalue weighted by Gasteiger charge is -2.29. The van der Waals surface area contributed by atoms with Gasteiger partial charge in [-0.25, -0.2) is 4.39 Å². The Morgan fingerprint density at radius 3 is 2.57 bits per heavy atom. The second kappa shape index (κ2) is 6.59. The van der Waals surface area contributed by atoms with Crippen LogP contribution in [0.3, 0.4) is 0 Å². The molecule has 0 saturated heterocycles. The molecule has 0 saturated carbocycles. The van der Waals surface area contributed by atoms with Crippen LogP contribution in [0, 0.1) is 5.82 Å². The van der Waals surface area contributed by atoms with Crippen LogP contribution < -0.4 is 15.4 Å². The zero-order chi connectivity index (χ0) is 15.4. The Kier molecular flexibility index (Phi) is 4.81. The predicted molar refractivity (Wildman–Crippen MR) is 84.1 cm³/mol. The highest BCUT2D eigenvalue weighted by Crippen LogP contribution is 2.32. The van der Waals surface area contributed by atoms with Crippen molar-refractivity contribution < 1.29 is 9.13 Å². The molecular weight excluding hydrogens is 267 g/mol. The van der Waals surface area contributed by atoms with Crippen LogP contribution >= 0.6 is 0 Å². The molecule has 0 aliphatic rings. The number of ether oxygens (including phenoxy) is 1. The molecule has 0 aromatic heterocycles. The highest BCUT2D eigenvalue weighted by molar-refractivity contribution is 5.58. The molecule has 0 heterocycles. The Labute approximate surface area is 125 Å². The van der Waals surface area contributed by atoms with Crippen molar-refractivity contribution in [2.24, 2.45) is 5.73 Å². The fourth-order valence-corrected chi connectivity index (χ4v) is 2.40. The van der Waals surface area contributed by atoms with Gasteiger partial charge in [0.1, 0.15) is 11.6 Å². The standard InChI is InChI=1S/C17H21FN2O/c1-12(15-6-4-5-7-16(15)18)20(2)17-10-14(21-3)9-8-13(17)11-19/h4-10,12H,11,19H2,1-3H3. The fraction of sp³-hybridized carbons (Fsp3) is 0.294. The van der Waals surface area contributed by atoms with Gasteiger partial charge in [-0.05, 0) is 24.6 Å². The van der Waals surface area contributed by atoms with E-state index in [-0.39, 0.29) is 11.9 Å². The maximum Gasteiger partial charge on any atom is 0.128 e. The van der Waals surface area contributed by atoms with E-state index in [0.717, 1.165) is 17.0 Å². The molecule has 21 heavy (non-hydrogen) atoms. The van der Waals surface area contributed by atoms with Crippen molar-refractivity contribution in [2.45, 2.75) is 19.5 Å². The van der Waals surface area contributed by atoms with Crippen molar-refractivity contribution in [1.82, 2.24) is 0 Å². The smallest absolute Gasteiger partial charge is 0.128 e. The summed E-state index contributed by atoms with van der Waals surface area (Å²) in [6.45, 7) is 2.39. The van der Waals surface area contributed by atoms with E-state index in [1.807, 2.05) is 43.1 Å². The van der Waals surface area contributed by atoms with E-state index in [4.69, 9.17) is 10.5 Å². The summed E-state index contributed by atoms with van der Waals surface area (Å²) in [6, 6.07) is 12.5. The third-order valence-corrected chi connectivity index (χ3v) is 3.83. The first-order valence-electron chi connectivity index (χ1n) is 6.92. The molecular formula is C17H21FN2O. The van der Waals surface area contributed by atoms with E-state index >= 15 is 0 Å². The van der Waals surface area contributed by atoms with Crippen molar-refractivity contribution >= 4 is 5.69 Å². The molecule has 2 aromatic carbocycles. The molecule has 2 aromatic rings. The summed E-state index contributed by atoms with van der Waals surface area (Å²) in [4.78, 5) is 2.02. The lowest BCUT2D eigenvalue weighted by molar-refractivity contribution is 0.414. The summed E-state index contributed by atoms with van der Waals surface area (Å²) >= 11 is 0. The van der Waals surface area contributed by atoms with E-state index in [1.54, 1.807) is 19.2 Å². The summed E-state index contributed by atoms with van der Waals surface area (Å²) in [5, 5.41) is 0. The Morgan fingerprint density at radius 1 is 1.24 bits per heavy atom. The van der Waals surface area contributed by atoms with Gasteiger partial charge in [-0.3, -0.25) is 0 Å². The second-order valence-electron chi connectivity index (χ2n) is 5.01. The minimum atomic E-state index is -0.200. The van der Waals surface area contributed by atoms with Gasteiger partial charge in [0.05, 0.1) is 13.2 Å². The van der Waals surface area contributed by atoms with Gasteiger partial charge in [0, 0.05) is 30.9 Å². The molecule has 0 fully saturated rings. The first kappa shape index (κ1) is 15.3. The molecule has 0 aliphatic carbocycles. The van der Waals surface area contributed by atoms with Gasteiger partial charge in [-0.1, -0.05) is 24.3 Å². The van der Waals surface area contributed by atoms with Crippen LogP contribution in [0.25, 0.3) is 0 Å². The van der Waals surface area contributed by atoms with Gasteiger partial charge >= 0.3 is 0 Å². The molecule has 0 radical (unpaired) electrons. The average Bonchev–Trinajstić information content (AvgIpc) is 2.53. The van der Waals surface area contributed by atoms with Gasteiger partial charge in [0.25, 0.3) is 0 Å². The minimum absolute atomic E-state index is 0.108. The van der Waals surface area contributed by atoms with Crippen LogP contribution in [0.1, 0.15) is 24.1 Å². The lowest BCUT2D eigenvalue weighted by atomic mass is 10.0. The number of anilines is 1. The first-order chi connectivity index (χ1) is 10.1. The number of rotatable bonds is 5. The molecule has 0 amide bonds. The van der Waals surface area contributed by atoms with E-state index < -0.39 is 0 Å². The summed E-state index contributed by atoms with van der Waals surface area (Å²) in [5.74, 6) is 0.559. The second-order valence-corrected chi connectivity index (χ2v) is 5.01. The molecule has 0 aliphatic heterocycles. The van der Waals surface area contributed by atoms with Crippen molar-refractivity contribution in [3.05, 3.63) is 59.4 Å². The molecule has 4 heteroatoms. The number of hydrogen-bond acceptors (Lipinski definition) is 3. The van der Waals surface area contributed by atoms with E-state index in [9.17, 15) is 4.39 Å². The van der Waals surface area contributed by atoms with Gasteiger partial charge in [-0.15, -0.1) is 0 Å². The number of nitrogens with zero attached hydrogens (tertiary/aromatic N) is 1. The van der Waals surface area contributed by atoms with Crippen LogP contribution in [0.4, 0.5) is 10.1 Å². The largest absolute Gasteiger partial charge is 0.497 e. The Hall–Kier alpha value is -2.07. The van der Waals surface area contributed by atoms with Gasteiger partial charge < -0.3 is 15.4 Å². The monoisotopic (exact) mass is 288 g/mol. The highest BCUT2D eigenvalue weighted by Gasteiger charge is 2.18. The van der Waals surface area contributed by atoms with E-state index in [1.165, 1.54) is 6.07 Å². The number of nitrogens with two attached hydrogens (primary N) is 1. The third-order valence-electron chi connectivity index (χ3n) is 3.83. The first-order valence-corrected chi connectivity index (χ1v) is 6.92. The molecule has 112 valence electrons. The number of methoxy groups -OCH3 is 1. The highest BCUT2D eigenvalue weighted by atomic mass is 19.1. The van der Waals surface area contributed by atoms with Crippen LogP contribution in [0.15, 0.2) is 42.5 Å². The summed E-state index contributed by atoms with van der Waals surface area (Å²) in [6.07, 6.45) is 0. The SMILES string of the molecule is COc1ccc(CN)c(N(C)C(C)c2ccccc2F)c1. The number of benzene rings is 2. The lowest BCUT2D eigenvalue weighted by Crippen LogP contribution is -2.24. The molecule has 3 nitrogen and oxygen atoms in total. The molecule has 2 N–H and O–H groups in total. The summed E-state index contributed by atoms with van der Waals surface area (Å²) in [7, 11) is 3.56. The van der Waals surface area contributed by atoms with E-state index in [2.05, 4.69) is 0 Å². The van der Waals surface area contributed by atoms with Crippen molar-refractivity contribution in [1.29, 1.82) is 0 Å². The molecule has 0 bridgehead atoms. The molecule has 1 unspecified atom stereocenters. The van der Waals surface area contributed by atoms with Gasteiger partial charge in [0.15, 0.2) is 0 Å². The Morgan fingerprint density at radius 2 is 1.95 bits per heavy atom. The van der Waals surface area contributed by atoms with Crippen LogP contribution in [-0.4, -0.2) is 14.2 Å². The zero-order valence-corrected chi connectivity index (χ0v) is 12.6. The molecule has 1 atom stereocenters. The summed E-state index contributed by atoms with van der Waals surface area (Å²) < 4.78 is 19.2. The molecule has 2 rings (SSSR count). The van der Waals surface area contributed by atoms with Gasteiger partial charge in [-0.2, -0.15) is 0 Å². The van der Waals surface area contributed by atoms with Gasteiger partial charge in [0.2, 0.25) is 0 Å². The zero-order valence-electron chi connectivity index (χ0n) is 12.6. The van der Waals surface area contributed by atoms with Crippen LogP contribution in [0.2, 0.25) is 0 Å². The van der Waals surface area contributed by atoms with Crippen molar-refractivity contribution in [3.63, 3.8) is 0 Å².